The smallest absolute Gasteiger partial charge is 0.248 e. The molecular weight excluding hydrogens is 374 g/mol. The molecule has 4 saturated carbocycles. The highest BCUT2D eigenvalue weighted by Crippen LogP contribution is 2.62. The van der Waals surface area contributed by atoms with Crippen LogP contribution in [-0.2, 0) is 10.2 Å². The molecule has 30 heavy (non-hydrogen) atoms. The van der Waals surface area contributed by atoms with E-state index in [1.54, 1.807) is 19.3 Å². The molecule has 4 bridgehead atoms. The number of methoxy groups -OCH3 is 1. The summed E-state index contributed by atoms with van der Waals surface area (Å²) in [5.41, 5.74) is 2.73. The van der Waals surface area contributed by atoms with Gasteiger partial charge in [0.25, 0.3) is 0 Å². The lowest BCUT2D eigenvalue weighted by molar-refractivity contribution is -0.137. The Hall–Kier alpha value is -2.59. The van der Waals surface area contributed by atoms with Gasteiger partial charge in [-0.3, -0.25) is 4.79 Å². The zero-order valence-corrected chi connectivity index (χ0v) is 17.4. The van der Waals surface area contributed by atoms with E-state index in [-0.39, 0.29) is 11.3 Å². The molecule has 0 radical (unpaired) electrons. The number of hydrogen-bond acceptors (Lipinski definition) is 3. The fraction of sp³-hybridized carbons (Fsp3) is 0.423. The quantitative estimate of drug-likeness (QED) is 0.696. The Kier molecular flexibility index (Phi) is 4.70. The predicted octanol–water partition coefficient (Wildman–Crippen LogP) is 4.93. The largest absolute Gasteiger partial charge is 0.497 e. The third-order valence-corrected chi connectivity index (χ3v) is 7.34. The summed E-state index contributed by atoms with van der Waals surface area (Å²) in [4.78, 5) is 12.3. The van der Waals surface area contributed by atoms with E-state index in [0.717, 1.165) is 36.3 Å². The van der Waals surface area contributed by atoms with Gasteiger partial charge in [-0.1, -0.05) is 24.3 Å². The topological polar surface area (TPSA) is 58.6 Å². The summed E-state index contributed by atoms with van der Waals surface area (Å²) in [6.07, 6.45) is 9.88. The van der Waals surface area contributed by atoms with Crippen LogP contribution in [0.15, 0.2) is 54.6 Å². The lowest BCUT2D eigenvalue weighted by atomic mass is 9.46. The molecule has 2 aromatic rings. The average molecular weight is 404 g/mol. The third kappa shape index (κ3) is 3.65. The van der Waals surface area contributed by atoms with Crippen molar-refractivity contribution in [2.75, 3.05) is 12.4 Å². The summed E-state index contributed by atoms with van der Waals surface area (Å²) >= 11 is 0. The molecule has 4 heteroatoms. The van der Waals surface area contributed by atoms with Crippen molar-refractivity contribution in [3.8, 4) is 5.75 Å². The number of rotatable bonds is 5. The van der Waals surface area contributed by atoms with Gasteiger partial charge in [0.05, 0.1) is 12.7 Å². The molecule has 4 fully saturated rings. The molecule has 4 aliphatic rings. The van der Waals surface area contributed by atoms with Crippen LogP contribution in [0.3, 0.4) is 0 Å². The van der Waals surface area contributed by atoms with Crippen LogP contribution in [0.25, 0.3) is 6.08 Å². The SMILES string of the molecule is COc1ccc(/C=C/C(=O)Nc2ccc(C34C[C@@H]5C[C@H](CC(O)(C5)C3)C4)cc2)cc1. The Morgan fingerprint density at radius 3 is 2.30 bits per heavy atom. The number of amides is 1. The van der Waals surface area contributed by atoms with E-state index in [4.69, 9.17) is 4.74 Å². The highest BCUT2D eigenvalue weighted by atomic mass is 16.5. The molecule has 2 N–H and O–H groups in total. The first kappa shape index (κ1) is 19.4. The second-order valence-corrected chi connectivity index (χ2v) is 9.64. The minimum atomic E-state index is -0.455. The van der Waals surface area contributed by atoms with Gasteiger partial charge in [0.1, 0.15) is 5.75 Å². The van der Waals surface area contributed by atoms with Gasteiger partial charge in [-0.25, -0.2) is 0 Å². The summed E-state index contributed by atoms with van der Waals surface area (Å²) in [6, 6.07) is 15.9. The number of hydrogen-bond donors (Lipinski definition) is 2. The first-order valence-corrected chi connectivity index (χ1v) is 10.9. The number of ether oxygens (including phenoxy) is 1. The van der Waals surface area contributed by atoms with E-state index < -0.39 is 5.60 Å². The lowest BCUT2D eigenvalue weighted by Crippen LogP contribution is -2.57. The van der Waals surface area contributed by atoms with Gasteiger partial charge in [-0.05, 0) is 97.2 Å². The van der Waals surface area contributed by atoms with Gasteiger partial charge in [-0.15, -0.1) is 0 Å². The molecule has 2 aromatic carbocycles. The minimum Gasteiger partial charge on any atom is -0.497 e. The maximum Gasteiger partial charge on any atom is 0.248 e. The Bertz CT molecular complexity index is 947. The van der Waals surface area contributed by atoms with E-state index in [1.807, 2.05) is 36.4 Å². The fourth-order valence-corrected chi connectivity index (χ4v) is 6.53. The highest BCUT2D eigenvalue weighted by Gasteiger charge is 2.57. The van der Waals surface area contributed by atoms with E-state index in [9.17, 15) is 9.90 Å². The van der Waals surface area contributed by atoms with Crippen molar-refractivity contribution in [1.82, 2.24) is 0 Å². The van der Waals surface area contributed by atoms with Crippen molar-refractivity contribution in [2.45, 2.75) is 49.5 Å². The standard InChI is InChI=1S/C26H29NO3/c1-30-23-9-2-18(3-10-23)4-11-24(28)27-22-7-5-21(6-8-22)25-13-19-12-20(14-25)16-26(29,15-19)17-25/h2-11,19-20,29H,12-17H2,1H3,(H,27,28)/b11-4+/t19-,20-,25?,26?/m0/s1. The van der Waals surface area contributed by atoms with Crippen LogP contribution in [-0.4, -0.2) is 23.7 Å². The van der Waals surface area contributed by atoms with E-state index in [1.165, 1.54) is 24.8 Å². The van der Waals surface area contributed by atoms with Gasteiger partial charge >= 0.3 is 0 Å². The molecule has 0 unspecified atom stereocenters. The number of nitrogens with one attached hydrogen (secondary N) is 1. The summed E-state index contributed by atoms with van der Waals surface area (Å²) in [7, 11) is 1.63. The van der Waals surface area contributed by atoms with Crippen molar-refractivity contribution in [3.63, 3.8) is 0 Å². The molecule has 156 valence electrons. The molecule has 4 aliphatic carbocycles. The monoisotopic (exact) mass is 403 g/mol. The molecule has 6 rings (SSSR count). The van der Waals surface area contributed by atoms with Crippen molar-refractivity contribution >= 4 is 17.7 Å². The first-order valence-electron chi connectivity index (χ1n) is 10.9. The van der Waals surface area contributed by atoms with Crippen LogP contribution in [0, 0.1) is 11.8 Å². The molecule has 2 atom stereocenters. The van der Waals surface area contributed by atoms with Crippen molar-refractivity contribution in [3.05, 3.63) is 65.7 Å². The average Bonchev–Trinajstić information content (AvgIpc) is 2.71. The minimum absolute atomic E-state index is 0.121. The Labute approximate surface area is 178 Å². The van der Waals surface area contributed by atoms with Gasteiger partial charge in [0.15, 0.2) is 0 Å². The second kappa shape index (κ2) is 7.28. The first-order chi connectivity index (χ1) is 14.5. The van der Waals surface area contributed by atoms with Crippen LogP contribution < -0.4 is 10.1 Å². The summed E-state index contributed by atoms with van der Waals surface area (Å²) in [6.45, 7) is 0. The van der Waals surface area contributed by atoms with Crippen molar-refractivity contribution in [1.29, 1.82) is 0 Å². The van der Waals surface area contributed by atoms with Gasteiger partial charge in [0.2, 0.25) is 5.91 Å². The molecular formula is C26H29NO3. The van der Waals surface area contributed by atoms with E-state index in [0.29, 0.717) is 11.8 Å². The lowest BCUT2D eigenvalue weighted by Gasteiger charge is -2.60. The molecule has 0 aliphatic heterocycles. The number of carbonyl (C=O) groups is 1. The summed E-state index contributed by atoms with van der Waals surface area (Å²) in [5, 5.41) is 14.0. The predicted molar refractivity (Wildman–Crippen MR) is 118 cm³/mol. The maximum absolute atomic E-state index is 12.3. The van der Waals surface area contributed by atoms with Gasteiger partial charge in [-0.2, -0.15) is 0 Å². The highest BCUT2D eigenvalue weighted by molar-refractivity contribution is 6.01. The van der Waals surface area contributed by atoms with E-state index in [2.05, 4.69) is 17.4 Å². The van der Waals surface area contributed by atoms with Crippen LogP contribution in [0.1, 0.15) is 49.7 Å². The summed E-state index contributed by atoms with van der Waals surface area (Å²) in [5.74, 6) is 1.97. The number of aliphatic hydroxyl groups is 1. The Balaban J connectivity index is 1.25. The molecule has 0 spiro atoms. The maximum atomic E-state index is 12.3. The molecule has 0 saturated heterocycles. The van der Waals surface area contributed by atoms with Crippen LogP contribution in [0.4, 0.5) is 5.69 Å². The number of anilines is 1. The molecule has 0 heterocycles. The van der Waals surface area contributed by atoms with Crippen molar-refractivity contribution in [2.24, 2.45) is 11.8 Å². The third-order valence-electron chi connectivity index (χ3n) is 7.34. The normalized spacial score (nSPS) is 31.8. The molecule has 0 aromatic heterocycles. The zero-order valence-electron chi connectivity index (χ0n) is 17.4. The molecule has 1 amide bonds. The molecule has 4 nitrogen and oxygen atoms in total. The summed E-state index contributed by atoms with van der Waals surface area (Å²) < 4.78 is 5.15. The van der Waals surface area contributed by atoms with Crippen LogP contribution >= 0.6 is 0 Å². The zero-order chi connectivity index (χ0) is 20.8. The fourth-order valence-electron chi connectivity index (χ4n) is 6.53. The van der Waals surface area contributed by atoms with E-state index >= 15 is 0 Å². The Morgan fingerprint density at radius 2 is 1.70 bits per heavy atom. The number of carbonyl (C=O) groups excluding carboxylic acids is 1. The van der Waals surface area contributed by atoms with Gasteiger partial charge < -0.3 is 15.2 Å². The van der Waals surface area contributed by atoms with Crippen LogP contribution in [0.2, 0.25) is 0 Å². The van der Waals surface area contributed by atoms with Crippen LogP contribution in [0.5, 0.6) is 5.75 Å². The van der Waals surface area contributed by atoms with Gasteiger partial charge in [0, 0.05) is 11.8 Å². The number of benzene rings is 2. The Morgan fingerprint density at radius 1 is 1.03 bits per heavy atom. The second-order valence-electron chi connectivity index (χ2n) is 9.64. The van der Waals surface area contributed by atoms with Crippen molar-refractivity contribution < 1.29 is 14.6 Å².